The minimum absolute atomic E-state index is 0.199. The van der Waals surface area contributed by atoms with Crippen molar-refractivity contribution in [3.63, 3.8) is 0 Å². The van der Waals surface area contributed by atoms with Crippen LogP contribution in [-0.2, 0) is 9.53 Å². The van der Waals surface area contributed by atoms with Crippen LogP contribution in [0.25, 0.3) is 0 Å². The molecule has 9 nitrogen and oxygen atoms in total. The zero-order valence-electron chi connectivity index (χ0n) is 14.2. The molecule has 0 unspecified atom stereocenters. The predicted molar refractivity (Wildman–Crippen MR) is 92.0 cm³/mol. The van der Waals surface area contributed by atoms with Gasteiger partial charge in [-0.05, 0) is 33.3 Å². The highest BCUT2D eigenvalue weighted by Crippen LogP contribution is 2.33. The van der Waals surface area contributed by atoms with Gasteiger partial charge in [0, 0.05) is 4.88 Å². The van der Waals surface area contributed by atoms with Gasteiger partial charge in [0.15, 0.2) is 0 Å². The Bertz CT molecular complexity index is 826. The summed E-state index contributed by atoms with van der Waals surface area (Å²) < 4.78 is 6.24. The van der Waals surface area contributed by atoms with Gasteiger partial charge in [0.2, 0.25) is 5.91 Å². The maximum Gasteiger partial charge on any atom is 0.341 e. The van der Waals surface area contributed by atoms with Gasteiger partial charge in [-0.1, -0.05) is 0 Å². The van der Waals surface area contributed by atoms with Crippen molar-refractivity contribution < 1.29 is 19.2 Å². The summed E-state index contributed by atoms with van der Waals surface area (Å²) in [6.45, 7) is 7.13. The van der Waals surface area contributed by atoms with E-state index in [1.165, 1.54) is 22.2 Å². The number of hydrogen-bond donors (Lipinski definition) is 1. The fourth-order valence-electron chi connectivity index (χ4n) is 2.13. The standard InChI is InChI=1S/C15H18N4O5S/c1-5-24-15(21)12-8(2)10(4)25-14(12)17-13(20)9(3)18-7-11(6-16-18)19(22)23/h6-7,9H,5H2,1-4H3,(H,17,20)/t9-/m0/s1. The molecule has 0 aliphatic rings. The molecular formula is C15H18N4O5S. The smallest absolute Gasteiger partial charge is 0.341 e. The number of thiophene rings is 1. The Morgan fingerprint density at radius 1 is 1.48 bits per heavy atom. The summed E-state index contributed by atoms with van der Waals surface area (Å²) in [6.07, 6.45) is 2.26. The van der Waals surface area contributed by atoms with Gasteiger partial charge in [-0.25, -0.2) is 4.79 Å². The number of nitro groups is 1. The monoisotopic (exact) mass is 366 g/mol. The molecule has 0 aliphatic carbocycles. The van der Waals surface area contributed by atoms with Crippen LogP contribution in [-0.4, -0.2) is 33.2 Å². The second-order valence-corrected chi connectivity index (χ2v) is 6.53. The first kappa shape index (κ1) is 18.6. The molecule has 0 saturated carbocycles. The van der Waals surface area contributed by atoms with Gasteiger partial charge in [0.05, 0.1) is 17.1 Å². The van der Waals surface area contributed by atoms with Crippen LogP contribution in [0.15, 0.2) is 12.4 Å². The molecule has 2 aromatic rings. The van der Waals surface area contributed by atoms with Crippen molar-refractivity contribution in [1.29, 1.82) is 0 Å². The Morgan fingerprint density at radius 3 is 2.72 bits per heavy atom. The lowest BCUT2D eigenvalue weighted by atomic mass is 10.1. The van der Waals surface area contributed by atoms with Gasteiger partial charge in [-0.2, -0.15) is 5.10 Å². The molecule has 0 aromatic carbocycles. The van der Waals surface area contributed by atoms with E-state index < -0.39 is 22.8 Å². The number of ether oxygens (including phenoxy) is 1. The zero-order chi connectivity index (χ0) is 18.7. The first-order valence-electron chi connectivity index (χ1n) is 7.52. The van der Waals surface area contributed by atoms with Crippen LogP contribution < -0.4 is 5.32 Å². The molecule has 0 fully saturated rings. The maximum absolute atomic E-state index is 12.5. The quantitative estimate of drug-likeness (QED) is 0.477. The highest BCUT2D eigenvalue weighted by Gasteiger charge is 2.25. The van der Waals surface area contributed by atoms with Gasteiger partial charge in [-0.3, -0.25) is 19.6 Å². The number of rotatable bonds is 6. The molecule has 0 saturated heterocycles. The second kappa shape index (κ2) is 7.43. The largest absolute Gasteiger partial charge is 0.462 e. The summed E-state index contributed by atoms with van der Waals surface area (Å²) in [7, 11) is 0. The first-order chi connectivity index (χ1) is 11.8. The molecule has 25 heavy (non-hydrogen) atoms. The third kappa shape index (κ3) is 3.85. The number of esters is 1. The second-order valence-electron chi connectivity index (χ2n) is 5.31. The molecular weight excluding hydrogens is 348 g/mol. The number of hydrogen-bond acceptors (Lipinski definition) is 7. The topological polar surface area (TPSA) is 116 Å². The molecule has 2 rings (SSSR count). The summed E-state index contributed by atoms with van der Waals surface area (Å²) in [5, 5.41) is 17.6. The molecule has 134 valence electrons. The molecule has 1 N–H and O–H groups in total. The van der Waals surface area contributed by atoms with E-state index in [4.69, 9.17) is 4.74 Å². The van der Waals surface area contributed by atoms with E-state index >= 15 is 0 Å². The maximum atomic E-state index is 12.5. The van der Waals surface area contributed by atoms with Crippen LogP contribution in [0, 0.1) is 24.0 Å². The van der Waals surface area contributed by atoms with Crippen molar-refractivity contribution in [3.05, 3.63) is 38.5 Å². The number of carbonyl (C=O) groups excluding carboxylic acids is 2. The zero-order valence-corrected chi connectivity index (χ0v) is 15.0. The van der Waals surface area contributed by atoms with E-state index in [0.717, 1.165) is 16.6 Å². The average Bonchev–Trinajstić information content (AvgIpc) is 3.13. The number of amides is 1. The molecule has 2 heterocycles. The van der Waals surface area contributed by atoms with Gasteiger partial charge in [0.25, 0.3) is 0 Å². The van der Waals surface area contributed by atoms with Gasteiger partial charge in [0.1, 0.15) is 23.4 Å². The van der Waals surface area contributed by atoms with Gasteiger partial charge >= 0.3 is 11.7 Å². The highest BCUT2D eigenvalue weighted by molar-refractivity contribution is 7.16. The Balaban J connectivity index is 2.23. The number of aryl methyl sites for hydroxylation is 1. The Hall–Kier alpha value is -2.75. The van der Waals surface area contributed by atoms with Crippen LogP contribution in [0.4, 0.5) is 10.7 Å². The molecule has 2 aromatic heterocycles. The van der Waals surface area contributed by atoms with Crippen molar-refractivity contribution >= 4 is 33.9 Å². The Labute approximate surface area is 147 Å². The van der Waals surface area contributed by atoms with Crippen LogP contribution in [0.3, 0.4) is 0 Å². The summed E-state index contributed by atoms with van der Waals surface area (Å²) in [6, 6.07) is -0.786. The molecule has 0 spiro atoms. The van der Waals surface area contributed by atoms with E-state index in [-0.39, 0.29) is 12.3 Å². The summed E-state index contributed by atoms with van der Waals surface area (Å²) >= 11 is 1.28. The molecule has 1 atom stereocenters. The number of carbonyl (C=O) groups is 2. The lowest BCUT2D eigenvalue weighted by molar-refractivity contribution is -0.385. The van der Waals surface area contributed by atoms with E-state index in [0.29, 0.717) is 10.6 Å². The summed E-state index contributed by atoms with van der Waals surface area (Å²) in [5.74, 6) is -0.938. The van der Waals surface area contributed by atoms with Crippen molar-refractivity contribution in [1.82, 2.24) is 9.78 Å². The van der Waals surface area contributed by atoms with Gasteiger partial charge in [-0.15, -0.1) is 11.3 Å². The van der Waals surface area contributed by atoms with Crippen LogP contribution >= 0.6 is 11.3 Å². The molecule has 0 bridgehead atoms. The van der Waals surface area contributed by atoms with E-state index in [1.54, 1.807) is 20.8 Å². The summed E-state index contributed by atoms with van der Waals surface area (Å²) in [4.78, 5) is 35.6. The lowest BCUT2D eigenvalue weighted by Gasteiger charge is -2.12. The SMILES string of the molecule is CCOC(=O)c1c(NC(=O)[C@H](C)n2cc([N+](=O)[O-])cn2)sc(C)c1C. The van der Waals surface area contributed by atoms with Crippen molar-refractivity contribution in [2.75, 3.05) is 11.9 Å². The molecule has 0 aliphatic heterocycles. The van der Waals surface area contributed by atoms with Crippen LogP contribution in [0.5, 0.6) is 0 Å². The van der Waals surface area contributed by atoms with Crippen molar-refractivity contribution in [2.45, 2.75) is 33.7 Å². The molecule has 10 heteroatoms. The normalized spacial score (nSPS) is 11.8. The Morgan fingerprint density at radius 2 is 2.16 bits per heavy atom. The molecule has 0 radical (unpaired) electrons. The number of nitrogens with one attached hydrogen (secondary N) is 1. The number of aromatic nitrogens is 2. The minimum atomic E-state index is -0.786. The predicted octanol–water partition coefficient (Wildman–Crippen LogP) is 2.85. The van der Waals surface area contributed by atoms with E-state index in [2.05, 4.69) is 10.4 Å². The van der Waals surface area contributed by atoms with E-state index in [9.17, 15) is 19.7 Å². The number of nitrogens with zero attached hydrogens (tertiary/aromatic N) is 3. The lowest BCUT2D eigenvalue weighted by Crippen LogP contribution is -2.24. The third-order valence-electron chi connectivity index (χ3n) is 3.68. The van der Waals surface area contributed by atoms with Crippen molar-refractivity contribution in [2.24, 2.45) is 0 Å². The van der Waals surface area contributed by atoms with E-state index in [1.807, 2.05) is 6.92 Å². The van der Waals surface area contributed by atoms with Crippen molar-refractivity contribution in [3.8, 4) is 0 Å². The highest BCUT2D eigenvalue weighted by atomic mass is 32.1. The third-order valence-corrected chi connectivity index (χ3v) is 4.80. The van der Waals surface area contributed by atoms with Crippen LogP contribution in [0.1, 0.15) is 40.7 Å². The number of anilines is 1. The fourth-order valence-corrected chi connectivity index (χ4v) is 3.19. The average molecular weight is 366 g/mol. The molecule has 1 amide bonds. The fraction of sp³-hybridized carbons (Fsp3) is 0.400. The summed E-state index contributed by atoms with van der Waals surface area (Å²) in [5.41, 5.74) is 0.882. The van der Waals surface area contributed by atoms with Crippen LogP contribution in [0.2, 0.25) is 0 Å². The first-order valence-corrected chi connectivity index (χ1v) is 8.34. The van der Waals surface area contributed by atoms with Gasteiger partial charge < -0.3 is 10.1 Å². The minimum Gasteiger partial charge on any atom is -0.462 e. The Kier molecular flexibility index (Phi) is 5.52.